The molecule has 0 fully saturated rings. The molecule has 0 saturated carbocycles. The maximum atomic E-state index is 12.3. The largest absolute Gasteiger partial charge is 0.573 e. The second kappa shape index (κ2) is 7.24. The van der Waals surface area contributed by atoms with Gasteiger partial charge in [0.05, 0.1) is 6.61 Å². The smallest absolute Gasteiger partial charge is 0.461 e. The first kappa shape index (κ1) is 18.3. The Labute approximate surface area is 139 Å². The summed E-state index contributed by atoms with van der Waals surface area (Å²) in [5.41, 5.74) is -0.210. The third-order valence-electron chi connectivity index (χ3n) is 2.90. The Kier molecular flexibility index (Phi) is 5.30. The zero-order valence-corrected chi connectivity index (χ0v) is 13.1. The Morgan fingerprint density at radius 2 is 1.88 bits per heavy atom. The molecule has 7 nitrogen and oxygen atoms in total. The molecule has 0 aliphatic rings. The summed E-state index contributed by atoms with van der Waals surface area (Å²) in [6.07, 6.45) is -4.81. The first-order valence-corrected chi connectivity index (χ1v) is 7.02. The molecule has 0 radical (unpaired) electrons. The lowest BCUT2D eigenvalue weighted by atomic mass is 10.1. The number of hydrogen-bond donors (Lipinski definition) is 1. The first-order valence-electron chi connectivity index (χ1n) is 7.02. The summed E-state index contributed by atoms with van der Waals surface area (Å²) in [5, 5.41) is 5.93. The van der Waals surface area contributed by atoms with Gasteiger partial charge in [0, 0.05) is 5.69 Å². The minimum absolute atomic E-state index is 0.0897. The number of hydrogen-bond acceptors (Lipinski definition) is 6. The second-order valence-electron chi connectivity index (χ2n) is 4.71. The van der Waals surface area contributed by atoms with Gasteiger partial charge in [0.25, 0.3) is 5.91 Å². The van der Waals surface area contributed by atoms with Crippen LogP contribution in [0.1, 0.15) is 33.5 Å². The number of nitrogens with zero attached hydrogens (tertiary/aromatic N) is 1. The second-order valence-corrected chi connectivity index (χ2v) is 4.71. The Morgan fingerprint density at radius 1 is 1.24 bits per heavy atom. The number of aryl methyl sites for hydroxylation is 1. The molecule has 0 unspecified atom stereocenters. The number of benzene rings is 1. The number of rotatable bonds is 5. The molecule has 0 atom stereocenters. The molecule has 1 aromatic carbocycles. The zero-order valence-electron chi connectivity index (χ0n) is 13.1. The van der Waals surface area contributed by atoms with Crippen LogP contribution < -0.4 is 10.1 Å². The van der Waals surface area contributed by atoms with E-state index in [0.29, 0.717) is 0 Å². The van der Waals surface area contributed by atoms with Crippen molar-refractivity contribution in [2.75, 3.05) is 11.9 Å². The lowest BCUT2D eigenvalue weighted by Gasteiger charge is -2.10. The fraction of sp³-hybridized carbons (Fsp3) is 0.267. The molecule has 1 heterocycles. The number of aromatic nitrogens is 1. The lowest BCUT2D eigenvalue weighted by Crippen LogP contribution is -2.18. The number of ether oxygens (including phenoxy) is 2. The molecule has 0 aliphatic carbocycles. The predicted molar refractivity (Wildman–Crippen MR) is 78.3 cm³/mol. The van der Waals surface area contributed by atoms with E-state index in [-0.39, 0.29) is 29.3 Å². The lowest BCUT2D eigenvalue weighted by molar-refractivity contribution is -0.274. The molecule has 0 saturated heterocycles. The molecule has 0 spiro atoms. The van der Waals surface area contributed by atoms with Crippen molar-refractivity contribution in [2.45, 2.75) is 20.2 Å². The zero-order chi connectivity index (χ0) is 18.6. The van der Waals surface area contributed by atoms with Gasteiger partial charge in [0.1, 0.15) is 17.1 Å². The van der Waals surface area contributed by atoms with E-state index in [4.69, 9.17) is 9.26 Å². The highest BCUT2D eigenvalue weighted by atomic mass is 19.4. The van der Waals surface area contributed by atoms with E-state index in [9.17, 15) is 22.8 Å². The number of carbonyl (C=O) groups excluding carboxylic acids is 2. The topological polar surface area (TPSA) is 90.7 Å². The van der Waals surface area contributed by atoms with Gasteiger partial charge < -0.3 is 19.3 Å². The van der Waals surface area contributed by atoms with Gasteiger partial charge in [-0.15, -0.1) is 13.2 Å². The summed E-state index contributed by atoms with van der Waals surface area (Å²) >= 11 is 0. The molecule has 134 valence electrons. The monoisotopic (exact) mass is 358 g/mol. The third kappa shape index (κ3) is 4.72. The Bertz CT molecular complexity index is 768. The van der Waals surface area contributed by atoms with Gasteiger partial charge in [-0.05, 0) is 38.1 Å². The predicted octanol–water partition coefficient (Wildman–Crippen LogP) is 3.31. The van der Waals surface area contributed by atoms with Crippen molar-refractivity contribution in [1.29, 1.82) is 0 Å². The molecular formula is C15H13F3N2O5. The number of halogens is 3. The van der Waals surface area contributed by atoms with E-state index >= 15 is 0 Å². The Hall–Kier alpha value is -3.04. The third-order valence-corrected chi connectivity index (χ3v) is 2.90. The summed E-state index contributed by atoms with van der Waals surface area (Å²) in [4.78, 5) is 24.1. The van der Waals surface area contributed by atoms with Crippen LogP contribution in [-0.4, -0.2) is 30.0 Å². The minimum Gasteiger partial charge on any atom is -0.461 e. The molecule has 1 amide bonds. The van der Waals surface area contributed by atoms with Crippen LogP contribution >= 0.6 is 0 Å². The molecule has 1 N–H and O–H groups in total. The van der Waals surface area contributed by atoms with Crippen molar-refractivity contribution in [2.24, 2.45) is 0 Å². The molecule has 10 heteroatoms. The van der Waals surface area contributed by atoms with Crippen LogP contribution in [0.25, 0.3) is 0 Å². The molecule has 2 aromatic rings. The summed E-state index contributed by atoms with van der Waals surface area (Å²) < 4.78 is 49.7. The van der Waals surface area contributed by atoms with Gasteiger partial charge in [-0.2, -0.15) is 0 Å². The number of amides is 1. The number of nitrogens with one attached hydrogen (secondary N) is 1. The molecule has 25 heavy (non-hydrogen) atoms. The number of esters is 1. The van der Waals surface area contributed by atoms with Crippen LogP contribution in [0.15, 0.2) is 28.8 Å². The van der Waals surface area contributed by atoms with Crippen molar-refractivity contribution < 1.29 is 36.8 Å². The van der Waals surface area contributed by atoms with E-state index in [1.54, 1.807) is 6.92 Å². The van der Waals surface area contributed by atoms with Crippen LogP contribution in [0.2, 0.25) is 0 Å². The normalized spacial score (nSPS) is 11.1. The standard InChI is InChI=1S/C15H13F3N2O5/c1-3-23-14(22)12-11(8(2)25-20-12)13(21)19-9-4-6-10(7-5-9)24-15(16,17)18/h4-7H,3H2,1-2H3,(H,19,21). The number of anilines is 1. The van der Waals surface area contributed by atoms with E-state index in [0.717, 1.165) is 12.1 Å². The quantitative estimate of drug-likeness (QED) is 0.825. The van der Waals surface area contributed by atoms with Crippen LogP contribution in [0.3, 0.4) is 0 Å². The average molecular weight is 358 g/mol. The van der Waals surface area contributed by atoms with Gasteiger partial charge >= 0.3 is 12.3 Å². The maximum absolute atomic E-state index is 12.3. The summed E-state index contributed by atoms with van der Waals surface area (Å²) in [6, 6.07) is 4.50. The Morgan fingerprint density at radius 3 is 2.44 bits per heavy atom. The van der Waals surface area contributed by atoms with Crippen molar-refractivity contribution in [1.82, 2.24) is 5.16 Å². The highest BCUT2D eigenvalue weighted by Gasteiger charge is 2.31. The summed E-state index contributed by atoms with van der Waals surface area (Å²) in [7, 11) is 0. The molecular weight excluding hydrogens is 345 g/mol. The van der Waals surface area contributed by atoms with Gasteiger partial charge in [0.2, 0.25) is 5.69 Å². The summed E-state index contributed by atoms with van der Waals surface area (Å²) in [6.45, 7) is 3.12. The molecule has 1 aromatic heterocycles. The molecule has 0 aliphatic heterocycles. The van der Waals surface area contributed by atoms with E-state index < -0.39 is 24.0 Å². The van der Waals surface area contributed by atoms with Crippen LogP contribution in [0.5, 0.6) is 5.75 Å². The van der Waals surface area contributed by atoms with Gasteiger partial charge in [-0.25, -0.2) is 4.79 Å². The van der Waals surface area contributed by atoms with Crippen molar-refractivity contribution >= 4 is 17.6 Å². The van der Waals surface area contributed by atoms with Gasteiger partial charge in [-0.1, -0.05) is 5.16 Å². The highest BCUT2D eigenvalue weighted by molar-refractivity contribution is 6.10. The van der Waals surface area contributed by atoms with Crippen LogP contribution in [-0.2, 0) is 4.74 Å². The van der Waals surface area contributed by atoms with E-state index in [2.05, 4.69) is 15.2 Å². The summed E-state index contributed by atoms with van der Waals surface area (Å²) in [5.74, 6) is -1.87. The van der Waals surface area contributed by atoms with Gasteiger partial charge in [-0.3, -0.25) is 4.79 Å². The van der Waals surface area contributed by atoms with E-state index in [1.165, 1.54) is 19.1 Å². The van der Waals surface area contributed by atoms with Crippen LogP contribution in [0.4, 0.5) is 18.9 Å². The van der Waals surface area contributed by atoms with Crippen molar-refractivity contribution in [3.8, 4) is 5.75 Å². The Balaban J connectivity index is 2.15. The van der Waals surface area contributed by atoms with Crippen LogP contribution in [0, 0.1) is 6.92 Å². The first-order chi connectivity index (χ1) is 11.7. The number of carbonyl (C=O) groups is 2. The van der Waals surface area contributed by atoms with E-state index in [1.807, 2.05) is 0 Å². The average Bonchev–Trinajstić information content (AvgIpc) is 2.90. The number of alkyl halides is 3. The maximum Gasteiger partial charge on any atom is 0.573 e. The SMILES string of the molecule is CCOC(=O)c1noc(C)c1C(=O)Nc1ccc(OC(F)(F)F)cc1. The molecule has 0 bridgehead atoms. The van der Waals surface area contributed by atoms with Gasteiger partial charge in [0.15, 0.2) is 0 Å². The van der Waals surface area contributed by atoms with Crippen molar-refractivity contribution in [3.05, 3.63) is 41.3 Å². The highest BCUT2D eigenvalue weighted by Crippen LogP contribution is 2.24. The fourth-order valence-corrected chi connectivity index (χ4v) is 1.91. The molecule has 2 rings (SSSR count). The fourth-order valence-electron chi connectivity index (χ4n) is 1.91. The minimum atomic E-state index is -4.81. The van der Waals surface area contributed by atoms with Crippen molar-refractivity contribution in [3.63, 3.8) is 0 Å².